The number of nitrogens with one attached hydrogen (secondary N) is 2. The van der Waals surface area contributed by atoms with Crippen molar-refractivity contribution in [3.05, 3.63) is 46.7 Å². The maximum Gasteiger partial charge on any atom is 0.324 e. The minimum Gasteiger partial charge on any atom is -0.493 e. The van der Waals surface area contributed by atoms with Crippen LogP contribution in [0.15, 0.2) is 36.7 Å². The van der Waals surface area contributed by atoms with Gasteiger partial charge in [0.2, 0.25) is 0 Å². The zero-order valence-electron chi connectivity index (χ0n) is 20.1. The SMILES string of the molecule is COc1cc2c(NC(=O)Nc3c(Cl)cccc3Cl)ncnc2cc1OCCCN1CCC(CN)CC1. The van der Waals surface area contributed by atoms with Crippen molar-refractivity contribution in [3.8, 4) is 11.5 Å². The molecule has 1 aliphatic heterocycles. The lowest BCUT2D eigenvalue weighted by Gasteiger charge is -2.31. The zero-order chi connectivity index (χ0) is 25.5. The Labute approximate surface area is 220 Å². The summed E-state index contributed by atoms with van der Waals surface area (Å²) in [5.41, 5.74) is 6.70. The number of likely N-dealkylation sites (tertiary alicyclic amines) is 1. The summed E-state index contributed by atoms with van der Waals surface area (Å²) in [4.78, 5) is 23.6. The van der Waals surface area contributed by atoms with Gasteiger partial charge in [-0.2, -0.15) is 0 Å². The number of ether oxygens (including phenoxy) is 2. The van der Waals surface area contributed by atoms with Gasteiger partial charge < -0.3 is 25.4 Å². The molecule has 2 aromatic carbocycles. The second kappa shape index (κ2) is 12.4. The Morgan fingerprint density at radius 3 is 2.58 bits per heavy atom. The summed E-state index contributed by atoms with van der Waals surface area (Å²) in [6, 6.07) is 7.97. The van der Waals surface area contributed by atoms with Crippen LogP contribution in [0.1, 0.15) is 19.3 Å². The van der Waals surface area contributed by atoms with E-state index >= 15 is 0 Å². The van der Waals surface area contributed by atoms with Crippen molar-refractivity contribution in [3.63, 3.8) is 0 Å². The van der Waals surface area contributed by atoms with E-state index in [0.29, 0.717) is 56.5 Å². The number of urea groups is 1. The predicted octanol–water partition coefficient (Wildman–Crippen LogP) is 5.03. The molecule has 0 saturated carbocycles. The molecule has 1 saturated heterocycles. The Hall–Kier alpha value is -2.85. The van der Waals surface area contributed by atoms with Crippen molar-refractivity contribution in [1.82, 2.24) is 14.9 Å². The first kappa shape index (κ1) is 26.2. The summed E-state index contributed by atoms with van der Waals surface area (Å²) in [5, 5.41) is 6.64. The number of para-hydroxylation sites is 1. The molecule has 1 aliphatic rings. The highest BCUT2D eigenvalue weighted by atomic mass is 35.5. The van der Waals surface area contributed by atoms with Crippen LogP contribution in [0.3, 0.4) is 0 Å². The molecule has 2 heterocycles. The van der Waals surface area contributed by atoms with E-state index in [1.165, 1.54) is 6.33 Å². The Morgan fingerprint density at radius 1 is 1.14 bits per heavy atom. The van der Waals surface area contributed by atoms with Crippen molar-refractivity contribution < 1.29 is 14.3 Å². The number of hydrogen-bond acceptors (Lipinski definition) is 7. The lowest BCUT2D eigenvalue weighted by molar-refractivity contribution is 0.172. The summed E-state index contributed by atoms with van der Waals surface area (Å²) in [6.45, 7) is 4.48. The number of hydrogen-bond donors (Lipinski definition) is 3. The summed E-state index contributed by atoms with van der Waals surface area (Å²) in [7, 11) is 1.57. The van der Waals surface area contributed by atoms with Crippen molar-refractivity contribution in [2.75, 3.05) is 50.5 Å². The maximum atomic E-state index is 12.6. The van der Waals surface area contributed by atoms with Crippen LogP contribution in [0.4, 0.5) is 16.3 Å². The highest BCUT2D eigenvalue weighted by Crippen LogP contribution is 2.34. The first-order valence-electron chi connectivity index (χ1n) is 11.9. The first-order valence-corrected chi connectivity index (χ1v) is 12.6. The molecule has 0 spiro atoms. The highest BCUT2D eigenvalue weighted by Gasteiger charge is 2.18. The molecular weight excluding hydrogens is 503 g/mol. The van der Waals surface area contributed by atoms with Gasteiger partial charge in [0.15, 0.2) is 11.5 Å². The number of piperidine rings is 1. The summed E-state index contributed by atoms with van der Waals surface area (Å²) in [5.74, 6) is 2.08. The van der Waals surface area contributed by atoms with Gasteiger partial charge in [-0.05, 0) is 63.0 Å². The molecule has 1 fully saturated rings. The van der Waals surface area contributed by atoms with Crippen molar-refractivity contribution in [2.45, 2.75) is 19.3 Å². The summed E-state index contributed by atoms with van der Waals surface area (Å²) < 4.78 is 11.6. The molecule has 4 rings (SSSR count). The largest absolute Gasteiger partial charge is 0.493 e. The fourth-order valence-corrected chi connectivity index (χ4v) is 4.71. The number of amides is 2. The number of rotatable bonds is 9. The molecule has 36 heavy (non-hydrogen) atoms. The van der Waals surface area contributed by atoms with Gasteiger partial charge in [0.25, 0.3) is 0 Å². The van der Waals surface area contributed by atoms with E-state index in [4.69, 9.17) is 38.4 Å². The summed E-state index contributed by atoms with van der Waals surface area (Å²) in [6.07, 6.45) is 4.60. The van der Waals surface area contributed by atoms with Gasteiger partial charge in [-0.15, -0.1) is 0 Å². The van der Waals surface area contributed by atoms with E-state index in [1.807, 2.05) is 0 Å². The van der Waals surface area contributed by atoms with E-state index in [9.17, 15) is 4.79 Å². The second-order valence-corrected chi connectivity index (χ2v) is 9.46. The number of methoxy groups -OCH3 is 1. The van der Waals surface area contributed by atoms with Crippen LogP contribution in [0.2, 0.25) is 10.0 Å². The van der Waals surface area contributed by atoms with E-state index in [-0.39, 0.29) is 0 Å². The van der Waals surface area contributed by atoms with E-state index in [1.54, 1.807) is 37.4 Å². The molecule has 0 bridgehead atoms. The Balaban J connectivity index is 1.40. The van der Waals surface area contributed by atoms with Gasteiger partial charge in [-0.3, -0.25) is 5.32 Å². The molecule has 4 N–H and O–H groups in total. The normalized spacial score (nSPS) is 14.6. The number of halogens is 2. The third-order valence-corrected chi connectivity index (χ3v) is 6.90. The lowest BCUT2D eigenvalue weighted by Crippen LogP contribution is -2.37. The van der Waals surface area contributed by atoms with Crippen LogP contribution in [0.25, 0.3) is 10.9 Å². The minimum absolute atomic E-state index is 0.311. The van der Waals surface area contributed by atoms with Crippen molar-refractivity contribution in [2.24, 2.45) is 11.7 Å². The molecule has 3 aromatic rings. The monoisotopic (exact) mass is 532 g/mol. The number of nitrogens with zero attached hydrogens (tertiary/aromatic N) is 3. The molecule has 11 heteroatoms. The van der Waals surface area contributed by atoms with Gasteiger partial charge in [0.05, 0.1) is 35.0 Å². The molecular formula is C25H30Cl2N6O3. The van der Waals surface area contributed by atoms with Crippen LogP contribution in [0, 0.1) is 5.92 Å². The Bertz CT molecular complexity index is 1180. The number of carbonyl (C=O) groups excluding carboxylic acids is 1. The number of benzene rings is 2. The van der Waals surface area contributed by atoms with E-state index < -0.39 is 6.03 Å². The van der Waals surface area contributed by atoms with E-state index in [2.05, 4.69) is 25.5 Å². The fraction of sp³-hybridized carbons (Fsp3) is 0.400. The quantitative estimate of drug-likeness (QED) is 0.331. The van der Waals surface area contributed by atoms with Crippen LogP contribution in [-0.2, 0) is 0 Å². The number of carbonyl (C=O) groups is 1. The van der Waals surface area contributed by atoms with Gasteiger partial charge >= 0.3 is 6.03 Å². The summed E-state index contributed by atoms with van der Waals surface area (Å²) >= 11 is 12.3. The molecule has 9 nitrogen and oxygen atoms in total. The topological polar surface area (TPSA) is 115 Å². The number of aromatic nitrogens is 2. The zero-order valence-corrected chi connectivity index (χ0v) is 21.6. The number of nitrogens with two attached hydrogens (primary N) is 1. The third-order valence-electron chi connectivity index (χ3n) is 6.27. The van der Waals surface area contributed by atoms with Gasteiger partial charge in [-0.25, -0.2) is 14.8 Å². The van der Waals surface area contributed by atoms with Gasteiger partial charge in [0.1, 0.15) is 12.1 Å². The first-order chi connectivity index (χ1) is 17.5. The molecule has 192 valence electrons. The highest BCUT2D eigenvalue weighted by molar-refractivity contribution is 6.39. The average molecular weight is 533 g/mol. The average Bonchev–Trinajstić information content (AvgIpc) is 2.89. The van der Waals surface area contributed by atoms with Crippen LogP contribution in [0.5, 0.6) is 11.5 Å². The Morgan fingerprint density at radius 2 is 1.89 bits per heavy atom. The van der Waals surface area contributed by atoms with Gasteiger partial charge in [0, 0.05) is 18.0 Å². The van der Waals surface area contributed by atoms with Gasteiger partial charge in [-0.1, -0.05) is 29.3 Å². The van der Waals surface area contributed by atoms with E-state index in [0.717, 1.165) is 45.4 Å². The van der Waals surface area contributed by atoms with Crippen LogP contribution < -0.4 is 25.8 Å². The standard InChI is InChI=1S/C25H30Cl2N6O3/c1-35-21-12-17-20(13-22(21)36-11-3-8-33-9-6-16(14-28)7-10-33)29-15-30-24(17)32-25(34)31-23-18(26)4-2-5-19(23)27/h2,4-5,12-13,15-16H,3,6-11,14,28H2,1H3,(H2,29,30,31,32,34). The third kappa shape index (κ3) is 6.47. The van der Waals surface area contributed by atoms with Crippen molar-refractivity contribution >= 4 is 51.6 Å². The molecule has 0 aliphatic carbocycles. The van der Waals surface area contributed by atoms with Crippen LogP contribution >= 0.6 is 23.2 Å². The fourth-order valence-electron chi connectivity index (χ4n) is 4.22. The smallest absolute Gasteiger partial charge is 0.324 e. The second-order valence-electron chi connectivity index (χ2n) is 8.64. The van der Waals surface area contributed by atoms with Crippen molar-refractivity contribution in [1.29, 1.82) is 0 Å². The van der Waals surface area contributed by atoms with Crippen LogP contribution in [-0.4, -0.2) is 60.8 Å². The molecule has 0 radical (unpaired) electrons. The number of fused-ring (bicyclic) bond motifs is 1. The number of anilines is 2. The predicted molar refractivity (Wildman–Crippen MR) is 144 cm³/mol. The molecule has 0 unspecified atom stereocenters. The molecule has 0 atom stereocenters. The lowest BCUT2D eigenvalue weighted by atomic mass is 9.97. The minimum atomic E-state index is -0.542. The Kier molecular flexibility index (Phi) is 9.03. The molecule has 2 amide bonds. The maximum absolute atomic E-state index is 12.6. The molecule has 1 aromatic heterocycles.